The van der Waals surface area contributed by atoms with Gasteiger partial charge in [0.25, 0.3) is 5.91 Å². The molecule has 3 N–H and O–H groups in total. The van der Waals surface area contributed by atoms with Crippen molar-refractivity contribution in [2.24, 2.45) is 5.73 Å². The number of halogens is 1. The van der Waals surface area contributed by atoms with E-state index in [1.54, 1.807) is 24.3 Å². The molecule has 9 heteroatoms. The van der Waals surface area contributed by atoms with Gasteiger partial charge in [-0.1, -0.05) is 41.9 Å². The molecule has 0 radical (unpaired) electrons. The lowest BCUT2D eigenvalue weighted by Crippen LogP contribution is -2.30. The highest BCUT2D eigenvalue weighted by Crippen LogP contribution is 2.23. The molecule has 0 spiro atoms. The van der Waals surface area contributed by atoms with Gasteiger partial charge in [0.2, 0.25) is 10.0 Å². The minimum absolute atomic E-state index is 0.0509. The van der Waals surface area contributed by atoms with Crippen molar-refractivity contribution in [3.05, 3.63) is 64.7 Å². The maximum atomic E-state index is 12.5. The number of sulfonamides is 1. The fourth-order valence-electron chi connectivity index (χ4n) is 1.97. The monoisotopic (exact) mass is 396 g/mol. The second-order valence-electron chi connectivity index (χ2n) is 5.41. The number of hydrogen-bond donors (Lipinski definition) is 2. The summed E-state index contributed by atoms with van der Waals surface area (Å²) < 4.78 is 32.3. The topological polar surface area (TPSA) is 116 Å². The molecule has 0 unspecified atom stereocenters. The SMILES string of the molecule is C[C@@H](OC(=O)c1ccc(Cl)c(S(=O)(=O)NCc2ccccc2)c1)C(N)=O. The molecule has 1 amide bonds. The van der Waals surface area contributed by atoms with E-state index in [1.165, 1.54) is 19.1 Å². The van der Waals surface area contributed by atoms with E-state index in [4.69, 9.17) is 22.1 Å². The van der Waals surface area contributed by atoms with E-state index in [-0.39, 0.29) is 22.0 Å². The zero-order chi connectivity index (χ0) is 19.3. The Balaban J connectivity index is 2.22. The lowest BCUT2D eigenvalue weighted by Gasteiger charge is -2.12. The van der Waals surface area contributed by atoms with Crippen LogP contribution in [0.15, 0.2) is 53.4 Å². The van der Waals surface area contributed by atoms with E-state index in [0.717, 1.165) is 11.6 Å². The van der Waals surface area contributed by atoms with E-state index in [1.807, 2.05) is 6.07 Å². The van der Waals surface area contributed by atoms with E-state index >= 15 is 0 Å². The summed E-state index contributed by atoms with van der Waals surface area (Å²) in [6.45, 7) is 1.38. The maximum Gasteiger partial charge on any atom is 0.338 e. The smallest absolute Gasteiger partial charge is 0.338 e. The summed E-state index contributed by atoms with van der Waals surface area (Å²) in [5.41, 5.74) is 5.73. The normalized spacial score (nSPS) is 12.4. The van der Waals surface area contributed by atoms with Crippen LogP contribution in [0.4, 0.5) is 0 Å². The van der Waals surface area contributed by atoms with E-state index in [0.29, 0.717) is 0 Å². The molecule has 7 nitrogen and oxygen atoms in total. The van der Waals surface area contributed by atoms with Gasteiger partial charge >= 0.3 is 5.97 Å². The molecular weight excluding hydrogens is 380 g/mol. The molecule has 0 aromatic heterocycles. The summed E-state index contributed by atoms with van der Waals surface area (Å²) in [4.78, 5) is 22.8. The van der Waals surface area contributed by atoms with Crippen molar-refractivity contribution in [1.82, 2.24) is 4.72 Å². The van der Waals surface area contributed by atoms with Gasteiger partial charge in [-0.3, -0.25) is 4.79 Å². The summed E-state index contributed by atoms with van der Waals surface area (Å²) in [5, 5.41) is -0.0509. The van der Waals surface area contributed by atoms with Gasteiger partial charge in [-0.2, -0.15) is 0 Å². The first kappa shape index (κ1) is 19.9. The van der Waals surface area contributed by atoms with Gasteiger partial charge in [-0.05, 0) is 30.7 Å². The Kier molecular flexibility index (Phi) is 6.36. The Bertz CT molecular complexity index is 916. The number of carbonyl (C=O) groups excluding carboxylic acids is 2. The zero-order valence-electron chi connectivity index (χ0n) is 13.8. The predicted molar refractivity (Wildman–Crippen MR) is 96.0 cm³/mol. The van der Waals surface area contributed by atoms with Gasteiger partial charge < -0.3 is 10.5 Å². The fourth-order valence-corrected chi connectivity index (χ4v) is 3.52. The Labute approximate surface area is 156 Å². The van der Waals surface area contributed by atoms with Crippen molar-refractivity contribution >= 4 is 33.5 Å². The highest BCUT2D eigenvalue weighted by Gasteiger charge is 2.22. The Morgan fingerprint density at radius 2 is 1.85 bits per heavy atom. The van der Waals surface area contributed by atoms with Crippen molar-refractivity contribution in [3.63, 3.8) is 0 Å². The van der Waals surface area contributed by atoms with Crippen LogP contribution in [0.25, 0.3) is 0 Å². The number of hydrogen-bond acceptors (Lipinski definition) is 5. The number of benzene rings is 2. The molecule has 0 saturated heterocycles. The molecule has 0 heterocycles. The summed E-state index contributed by atoms with van der Waals surface area (Å²) in [6, 6.07) is 12.6. The second kappa shape index (κ2) is 8.31. The van der Waals surface area contributed by atoms with Crippen LogP contribution in [0.1, 0.15) is 22.8 Å². The van der Waals surface area contributed by atoms with Crippen LogP contribution in [0, 0.1) is 0 Å². The molecule has 0 aliphatic heterocycles. The molecule has 0 fully saturated rings. The number of primary amides is 1. The second-order valence-corrected chi connectivity index (χ2v) is 7.55. The maximum absolute atomic E-state index is 12.5. The number of carbonyl (C=O) groups is 2. The molecule has 2 aromatic carbocycles. The van der Waals surface area contributed by atoms with Gasteiger partial charge in [0.05, 0.1) is 10.6 Å². The number of rotatable bonds is 7. The summed E-state index contributed by atoms with van der Waals surface area (Å²) in [5.74, 6) is -1.70. The minimum atomic E-state index is -3.97. The Hall–Kier alpha value is -2.42. The molecule has 2 rings (SSSR count). The van der Waals surface area contributed by atoms with E-state index < -0.39 is 28.0 Å². The third kappa shape index (κ3) is 5.04. The summed E-state index contributed by atoms with van der Waals surface area (Å²) in [6.07, 6.45) is -1.14. The quantitative estimate of drug-likeness (QED) is 0.693. The van der Waals surface area contributed by atoms with Crippen LogP contribution < -0.4 is 10.5 Å². The van der Waals surface area contributed by atoms with Crippen molar-refractivity contribution < 1.29 is 22.7 Å². The highest BCUT2D eigenvalue weighted by atomic mass is 35.5. The fraction of sp³-hybridized carbons (Fsp3) is 0.176. The van der Waals surface area contributed by atoms with Crippen molar-refractivity contribution in [2.75, 3.05) is 0 Å². The van der Waals surface area contributed by atoms with Gasteiger partial charge in [0.15, 0.2) is 6.10 Å². The molecule has 0 aliphatic carbocycles. The summed E-state index contributed by atoms with van der Waals surface area (Å²) in [7, 11) is -3.97. The van der Waals surface area contributed by atoms with Crippen LogP contribution in [0.5, 0.6) is 0 Å². The first-order chi connectivity index (χ1) is 12.2. The van der Waals surface area contributed by atoms with E-state index in [9.17, 15) is 18.0 Å². The lowest BCUT2D eigenvalue weighted by atomic mass is 10.2. The largest absolute Gasteiger partial charge is 0.449 e. The van der Waals surface area contributed by atoms with Gasteiger partial charge in [0, 0.05) is 6.54 Å². The number of ether oxygens (including phenoxy) is 1. The van der Waals surface area contributed by atoms with Crippen LogP contribution in [-0.4, -0.2) is 26.4 Å². The zero-order valence-corrected chi connectivity index (χ0v) is 15.4. The van der Waals surface area contributed by atoms with E-state index in [2.05, 4.69) is 4.72 Å². The van der Waals surface area contributed by atoms with Crippen LogP contribution in [0.2, 0.25) is 5.02 Å². The third-order valence-corrected chi connectivity index (χ3v) is 5.33. The first-order valence-corrected chi connectivity index (χ1v) is 9.40. The van der Waals surface area contributed by atoms with Gasteiger partial charge in [-0.25, -0.2) is 17.9 Å². The number of esters is 1. The van der Waals surface area contributed by atoms with Gasteiger partial charge in [0.1, 0.15) is 4.90 Å². The molecule has 0 aliphatic rings. The molecular formula is C17H17ClN2O5S. The average molecular weight is 397 g/mol. The molecule has 26 heavy (non-hydrogen) atoms. The van der Waals surface area contributed by atoms with Crippen LogP contribution >= 0.6 is 11.6 Å². The molecule has 0 saturated carbocycles. The van der Waals surface area contributed by atoms with Crippen molar-refractivity contribution in [3.8, 4) is 0 Å². The lowest BCUT2D eigenvalue weighted by molar-refractivity contribution is -0.125. The van der Waals surface area contributed by atoms with Gasteiger partial charge in [-0.15, -0.1) is 0 Å². The number of amides is 1. The Morgan fingerprint density at radius 1 is 1.19 bits per heavy atom. The summed E-state index contributed by atoms with van der Waals surface area (Å²) >= 11 is 5.98. The van der Waals surface area contributed by atoms with Crippen LogP contribution in [0.3, 0.4) is 0 Å². The molecule has 0 bridgehead atoms. The average Bonchev–Trinajstić information content (AvgIpc) is 2.61. The Morgan fingerprint density at radius 3 is 2.46 bits per heavy atom. The standard InChI is InChI=1S/C17H17ClN2O5S/c1-11(16(19)21)25-17(22)13-7-8-14(18)15(9-13)26(23,24)20-10-12-5-3-2-4-6-12/h2-9,11,20H,10H2,1H3,(H2,19,21)/t11-/m1/s1. The third-order valence-electron chi connectivity index (χ3n) is 3.45. The highest BCUT2D eigenvalue weighted by molar-refractivity contribution is 7.89. The van der Waals surface area contributed by atoms with Crippen LogP contribution in [-0.2, 0) is 26.1 Å². The molecule has 2 aromatic rings. The first-order valence-electron chi connectivity index (χ1n) is 7.54. The van der Waals surface area contributed by atoms with Crippen molar-refractivity contribution in [2.45, 2.75) is 24.5 Å². The number of nitrogens with two attached hydrogens (primary N) is 1. The molecule has 138 valence electrons. The predicted octanol–water partition coefficient (Wildman–Crippen LogP) is 1.85. The van der Waals surface area contributed by atoms with Crippen molar-refractivity contribution in [1.29, 1.82) is 0 Å². The minimum Gasteiger partial charge on any atom is -0.449 e. The molecule has 1 atom stereocenters. The number of nitrogens with one attached hydrogen (secondary N) is 1.